The van der Waals surface area contributed by atoms with Crippen molar-refractivity contribution in [1.29, 1.82) is 0 Å². The molecule has 2 aromatic rings. The van der Waals surface area contributed by atoms with Crippen molar-refractivity contribution in [3.8, 4) is 5.75 Å². The highest BCUT2D eigenvalue weighted by Crippen LogP contribution is 2.17. The number of nitrogens with one attached hydrogen (secondary N) is 4. The van der Waals surface area contributed by atoms with Crippen molar-refractivity contribution in [2.45, 2.75) is 117 Å². The predicted octanol–water partition coefficient (Wildman–Crippen LogP) is 3.69. The zero-order chi connectivity index (χ0) is 39.7. The number of amides is 5. The van der Waals surface area contributed by atoms with Gasteiger partial charge >= 0.3 is 12.1 Å². The minimum atomic E-state index is -1.30. The first kappa shape index (κ1) is 44.0. The van der Waals surface area contributed by atoms with Gasteiger partial charge in [-0.05, 0) is 75.1 Å². The van der Waals surface area contributed by atoms with E-state index in [0.717, 1.165) is 5.56 Å². The lowest BCUT2D eigenvalue weighted by molar-refractivity contribution is -0.146. The Morgan fingerprint density at radius 2 is 1.21 bits per heavy atom. The smallest absolute Gasteiger partial charge is 0.408 e. The molecule has 2 rings (SSSR count). The van der Waals surface area contributed by atoms with Gasteiger partial charge in [-0.2, -0.15) is 0 Å². The van der Waals surface area contributed by atoms with E-state index < -0.39 is 65.5 Å². The Morgan fingerprint density at radius 3 is 1.75 bits per heavy atom. The topological polar surface area (TPSA) is 204 Å². The first-order valence-corrected chi connectivity index (χ1v) is 17.9. The molecule has 4 atom stereocenters. The van der Waals surface area contributed by atoms with Gasteiger partial charge in [-0.1, -0.05) is 70.2 Å². The minimum Gasteiger partial charge on any atom is -0.489 e. The molecule has 4 unspecified atom stereocenters. The predicted molar refractivity (Wildman–Crippen MR) is 199 cm³/mol. The molecule has 5 amide bonds. The first-order valence-electron chi connectivity index (χ1n) is 17.9. The summed E-state index contributed by atoms with van der Waals surface area (Å²) in [4.78, 5) is 78.2. The summed E-state index contributed by atoms with van der Waals surface area (Å²) in [5, 5.41) is 10.6. The van der Waals surface area contributed by atoms with Gasteiger partial charge in [-0.25, -0.2) is 9.59 Å². The fourth-order valence-electron chi connectivity index (χ4n) is 5.26. The summed E-state index contributed by atoms with van der Waals surface area (Å²) < 4.78 is 16.1. The Kier molecular flexibility index (Phi) is 17.8. The Morgan fingerprint density at radius 1 is 0.679 bits per heavy atom. The summed E-state index contributed by atoms with van der Waals surface area (Å²) in [6.07, 6.45) is -0.729. The van der Waals surface area contributed by atoms with Crippen molar-refractivity contribution in [2.75, 3.05) is 7.11 Å². The lowest BCUT2D eigenvalue weighted by Crippen LogP contribution is -2.58. The number of ether oxygens (including phenoxy) is 3. The van der Waals surface area contributed by atoms with E-state index in [4.69, 9.17) is 19.9 Å². The number of alkyl carbamates (subject to hydrolysis) is 1. The van der Waals surface area contributed by atoms with Gasteiger partial charge < -0.3 is 41.2 Å². The van der Waals surface area contributed by atoms with Gasteiger partial charge in [0.2, 0.25) is 23.6 Å². The molecule has 0 aliphatic carbocycles. The van der Waals surface area contributed by atoms with Gasteiger partial charge in [-0.15, -0.1) is 0 Å². The van der Waals surface area contributed by atoms with Gasteiger partial charge in [0.05, 0.1) is 7.11 Å². The largest absolute Gasteiger partial charge is 0.489 e. The van der Waals surface area contributed by atoms with Gasteiger partial charge in [-0.3, -0.25) is 19.2 Å². The standard InChI is InChI=1S/C39H57N5O9/c1-24(2)20-30(44-38(50)53-39(5,6)7)35(47)42-31(22-26-14-16-28(17-15-26)52-23-27-12-10-9-11-13-27)36(48)41-29(18-19-33(40)45)34(46)43-32(21-25(3)4)37(49)51-8/h9-17,24-25,29-32H,18-23H2,1-8H3,(H2,40,45)(H,41,48)(H,42,47)(H,43,46)(H,44,50). The third-order valence-corrected chi connectivity index (χ3v) is 7.78. The Balaban J connectivity index is 2.39. The number of esters is 1. The molecule has 53 heavy (non-hydrogen) atoms. The van der Waals surface area contributed by atoms with E-state index >= 15 is 0 Å². The molecule has 292 valence electrons. The Bertz CT molecular complexity index is 1510. The third-order valence-electron chi connectivity index (χ3n) is 7.78. The summed E-state index contributed by atoms with van der Waals surface area (Å²) in [5.74, 6) is -2.90. The van der Waals surface area contributed by atoms with Gasteiger partial charge in [0.25, 0.3) is 0 Å². The van der Waals surface area contributed by atoms with Crippen LogP contribution in [-0.4, -0.2) is 72.6 Å². The molecule has 0 saturated carbocycles. The highest BCUT2D eigenvalue weighted by Gasteiger charge is 2.33. The number of hydrogen-bond donors (Lipinski definition) is 5. The van der Waals surface area contributed by atoms with Gasteiger partial charge in [0, 0.05) is 12.8 Å². The second-order valence-electron chi connectivity index (χ2n) is 14.8. The number of methoxy groups -OCH3 is 1. The van der Waals surface area contributed by atoms with Crippen LogP contribution >= 0.6 is 0 Å². The van der Waals surface area contributed by atoms with Crippen LogP contribution in [0.25, 0.3) is 0 Å². The highest BCUT2D eigenvalue weighted by atomic mass is 16.6. The lowest BCUT2D eigenvalue weighted by Gasteiger charge is -2.27. The molecule has 0 aromatic heterocycles. The Labute approximate surface area is 312 Å². The highest BCUT2D eigenvalue weighted by molar-refractivity contribution is 5.95. The molecule has 0 fully saturated rings. The van der Waals surface area contributed by atoms with E-state index in [1.54, 1.807) is 45.0 Å². The van der Waals surface area contributed by atoms with Crippen molar-refractivity contribution >= 4 is 35.7 Å². The lowest BCUT2D eigenvalue weighted by atomic mass is 10.0. The van der Waals surface area contributed by atoms with E-state index in [1.807, 2.05) is 58.0 Å². The first-order chi connectivity index (χ1) is 24.9. The van der Waals surface area contributed by atoms with Crippen LogP contribution in [0.2, 0.25) is 0 Å². The quantitative estimate of drug-likeness (QED) is 0.126. The van der Waals surface area contributed by atoms with Crippen LogP contribution in [0.15, 0.2) is 54.6 Å². The maximum Gasteiger partial charge on any atom is 0.408 e. The summed E-state index contributed by atoms with van der Waals surface area (Å²) in [5.41, 5.74) is 6.21. The molecule has 0 saturated heterocycles. The molecule has 0 spiro atoms. The minimum absolute atomic E-state index is 0.0142. The van der Waals surface area contributed by atoms with Crippen molar-refractivity contribution in [3.05, 3.63) is 65.7 Å². The van der Waals surface area contributed by atoms with Gasteiger partial charge in [0.15, 0.2) is 0 Å². The maximum atomic E-state index is 14.0. The monoisotopic (exact) mass is 739 g/mol. The van der Waals surface area contributed by atoms with Gasteiger partial charge in [0.1, 0.15) is 42.1 Å². The summed E-state index contributed by atoms with van der Waals surface area (Å²) in [7, 11) is 1.20. The number of rotatable bonds is 20. The molecule has 0 heterocycles. The van der Waals surface area contributed by atoms with Crippen molar-refractivity contribution in [1.82, 2.24) is 21.3 Å². The molecule has 6 N–H and O–H groups in total. The Hall–Kier alpha value is -5.14. The van der Waals surface area contributed by atoms with Crippen LogP contribution in [0.5, 0.6) is 5.75 Å². The molecule has 14 nitrogen and oxygen atoms in total. The zero-order valence-corrected chi connectivity index (χ0v) is 32.2. The molecular weight excluding hydrogens is 682 g/mol. The number of benzene rings is 2. The van der Waals surface area contributed by atoms with E-state index in [9.17, 15) is 28.8 Å². The normalized spacial score (nSPS) is 13.5. The fraction of sp³-hybridized carbons (Fsp3) is 0.538. The van der Waals surface area contributed by atoms with E-state index in [1.165, 1.54) is 7.11 Å². The number of carbonyl (C=O) groups excluding carboxylic acids is 6. The van der Waals surface area contributed by atoms with Crippen LogP contribution in [0.1, 0.15) is 85.3 Å². The second-order valence-corrected chi connectivity index (χ2v) is 14.8. The van der Waals surface area contributed by atoms with Crippen molar-refractivity contribution in [3.63, 3.8) is 0 Å². The van der Waals surface area contributed by atoms with Crippen LogP contribution in [0, 0.1) is 11.8 Å². The second kappa shape index (κ2) is 21.4. The van der Waals surface area contributed by atoms with Crippen LogP contribution in [0.3, 0.4) is 0 Å². The van der Waals surface area contributed by atoms with Crippen molar-refractivity contribution < 1.29 is 43.0 Å². The van der Waals surface area contributed by atoms with E-state index in [2.05, 4.69) is 21.3 Å². The SMILES string of the molecule is COC(=O)C(CC(C)C)NC(=O)C(CCC(N)=O)NC(=O)C(Cc1ccc(OCc2ccccc2)cc1)NC(=O)C(CC(C)C)NC(=O)OC(C)(C)C. The summed E-state index contributed by atoms with van der Waals surface area (Å²) >= 11 is 0. The molecule has 14 heteroatoms. The van der Waals surface area contributed by atoms with Crippen molar-refractivity contribution in [2.24, 2.45) is 17.6 Å². The third kappa shape index (κ3) is 17.3. The molecule has 0 bridgehead atoms. The maximum absolute atomic E-state index is 14.0. The fourth-order valence-corrected chi connectivity index (χ4v) is 5.26. The number of hydrogen-bond acceptors (Lipinski definition) is 9. The van der Waals surface area contributed by atoms with E-state index in [-0.39, 0.29) is 43.9 Å². The molecule has 2 aromatic carbocycles. The average Bonchev–Trinajstić information content (AvgIpc) is 3.07. The summed E-state index contributed by atoms with van der Waals surface area (Å²) in [6.45, 7) is 12.9. The number of primary amides is 1. The number of nitrogens with two attached hydrogens (primary N) is 1. The number of carbonyl (C=O) groups is 6. The molecule has 0 radical (unpaired) electrons. The van der Waals surface area contributed by atoms with Crippen LogP contribution in [0.4, 0.5) is 4.79 Å². The van der Waals surface area contributed by atoms with Crippen LogP contribution < -0.4 is 31.7 Å². The summed E-state index contributed by atoms with van der Waals surface area (Å²) in [6, 6.07) is 12.0. The molecular formula is C39H57N5O9. The zero-order valence-electron chi connectivity index (χ0n) is 32.2. The van der Waals surface area contributed by atoms with E-state index in [0.29, 0.717) is 17.9 Å². The molecule has 0 aliphatic heterocycles. The average molecular weight is 740 g/mol. The van der Waals surface area contributed by atoms with Crippen LogP contribution in [-0.2, 0) is 46.5 Å². The molecule has 0 aliphatic rings.